The second kappa shape index (κ2) is 8.05. The summed E-state index contributed by atoms with van der Waals surface area (Å²) in [4.78, 5) is 14.6. The highest BCUT2D eigenvalue weighted by atomic mass is 79.9. The molecule has 1 N–H and O–H groups in total. The third kappa shape index (κ3) is 4.04. The molecular formula is C19H18BrFN6O. The molecule has 0 saturated carbocycles. The van der Waals surface area contributed by atoms with Crippen LogP contribution in [0.4, 0.5) is 15.9 Å². The van der Waals surface area contributed by atoms with Gasteiger partial charge >= 0.3 is 0 Å². The maximum absolute atomic E-state index is 13.9. The Morgan fingerprint density at radius 1 is 1.14 bits per heavy atom. The first-order valence-electron chi connectivity index (χ1n) is 8.95. The Bertz CT molecular complexity index is 955. The van der Waals surface area contributed by atoms with E-state index in [9.17, 15) is 9.18 Å². The zero-order chi connectivity index (χ0) is 19.5. The SMILES string of the molecule is O=C(Nc1ccc(Br)cc1F)C1CCN(c2ccc(-n3cccn3)nn2)CC1. The van der Waals surface area contributed by atoms with Crippen LogP contribution in [0.2, 0.25) is 0 Å². The fraction of sp³-hybridized carbons (Fsp3) is 0.263. The van der Waals surface area contributed by atoms with Gasteiger partial charge in [0, 0.05) is 35.9 Å². The van der Waals surface area contributed by atoms with Crippen LogP contribution in [0.15, 0.2) is 53.3 Å². The molecular weight excluding hydrogens is 427 g/mol. The molecule has 1 aliphatic heterocycles. The number of nitrogens with zero attached hydrogens (tertiary/aromatic N) is 5. The maximum atomic E-state index is 13.9. The van der Waals surface area contributed by atoms with E-state index in [-0.39, 0.29) is 17.5 Å². The zero-order valence-electron chi connectivity index (χ0n) is 14.9. The monoisotopic (exact) mass is 444 g/mol. The highest BCUT2D eigenvalue weighted by Crippen LogP contribution is 2.25. The van der Waals surface area contributed by atoms with Crippen LogP contribution < -0.4 is 10.2 Å². The number of amides is 1. The highest BCUT2D eigenvalue weighted by Gasteiger charge is 2.26. The molecule has 28 heavy (non-hydrogen) atoms. The molecule has 4 rings (SSSR count). The van der Waals surface area contributed by atoms with Crippen LogP contribution in [0.1, 0.15) is 12.8 Å². The van der Waals surface area contributed by atoms with Crippen molar-refractivity contribution in [1.82, 2.24) is 20.0 Å². The van der Waals surface area contributed by atoms with E-state index in [1.54, 1.807) is 23.0 Å². The number of aromatic nitrogens is 4. The Balaban J connectivity index is 1.34. The number of nitrogens with one attached hydrogen (secondary N) is 1. The van der Waals surface area contributed by atoms with Gasteiger partial charge in [0.15, 0.2) is 11.6 Å². The van der Waals surface area contributed by atoms with Crippen LogP contribution in [0.3, 0.4) is 0 Å². The average molecular weight is 445 g/mol. The smallest absolute Gasteiger partial charge is 0.227 e. The molecule has 2 aromatic heterocycles. The maximum Gasteiger partial charge on any atom is 0.227 e. The van der Waals surface area contributed by atoms with E-state index in [1.807, 2.05) is 24.4 Å². The van der Waals surface area contributed by atoms with Crippen LogP contribution in [0, 0.1) is 11.7 Å². The summed E-state index contributed by atoms with van der Waals surface area (Å²) < 4.78 is 16.2. The number of rotatable bonds is 4. The van der Waals surface area contributed by atoms with E-state index in [0.717, 1.165) is 5.82 Å². The minimum atomic E-state index is -0.451. The Morgan fingerprint density at radius 3 is 2.54 bits per heavy atom. The quantitative estimate of drug-likeness (QED) is 0.666. The average Bonchev–Trinajstić information content (AvgIpc) is 3.25. The largest absolute Gasteiger partial charge is 0.355 e. The standard InChI is InChI=1S/C19H18BrFN6O/c20-14-2-3-16(15(21)12-14)23-19(28)13-6-10-26(11-7-13)17-4-5-18(25-24-17)27-9-1-8-22-27/h1-5,8-9,12-13H,6-7,10-11H2,(H,23,28). The van der Waals surface area contributed by atoms with Crippen LogP contribution in [0.5, 0.6) is 0 Å². The molecule has 144 valence electrons. The van der Waals surface area contributed by atoms with Crippen LogP contribution >= 0.6 is 15.9 Å². The number of halogens is 2. The van der Waals surface area contributed by atoms with Crippen molar-refractivity contribution >= 4 is 33.3 Å². The summed E-state index contributed by atoms with van der Waals surface area (Å²) >= 11 is 3.21. The normalized spacial score (nSPS) is 14.9. The Kier molecular flexibility index (Phi) is 5.34. The summed E-state index contributed by atoms with van der Waals surface area (Å²) in [5.74, 6) is 0.664. The molecule has 1 aromatic carbocycles. The van der Waals surface area contributed by atoms with Crippen molar-refractivity contribution < 1.29 is 9.18 Å². The fourth-order valence-electron chi connectivity index (χ4n) is 3.21. The Hall–Kier alpha value is -2.81. The Labute approximate surface area is 169 Å². The first-order chi connectivity index (χ1) is 13.6. The summed E-state index contributed by atoms with van der Waals surface area (Å²) in [5.41, 5.74) is 0.204. The highest BCUT2D eigenvalue weighted by molar-refractivity contribution is 9.10. The van der Waals surface area contributed by atoms with Crippen molar-refractivity contribution in [2.75, 3.05) is 23.3 Å². The molecule has 9 heteroatoms. The molecule has 0 aliphatic carbocycles. The van der Waals surface area contributed by atoms with Crippen molar-refractivity contribution in [1.29, 1.82) is 0 Å². The lowest BCUT2D eigenvalue weighted by Crippen LogP contribution is -2.38. The van der Waals surface area contributed by atoms with Gasteiger partial charge in [0.05, 0.1) is 5.69 Å². The molecule has 0 atom stereocenters. The predicted octanol–water partition coefficient (Wildman–Crippen LogP) is 3.42. The van der Waals surface area contributed by atoms with Gasteiger partial charge in [-0.05, 0) is 49.2 Å². The molecule has 3 aromatic rings. The molecule has 7 nitrogen and oxygen atoms in total. The van der Waals surface area contributed by atoms with Crippen LogP contribution in [-0.2, 0) is 4.79 Å². The number of hydrogen-bond donors (Lipinski definition) is 1. The number of piperidine rings is 1. The molecule has 0 bridgehead atoms. The topological polar surface area (TPSA) is 75.9 Å². The van der Waals surface area contributed by atoms with Crippen molar-refractivity contribution in [3.63, 3.8) is 0 Å². The van der Waals surface area contributed by atoms with Gasteiger partial charge in [-0.25, -0.2) is 9.07 Å². The lowest BCUT2D eigenvalue weighted by Gasteiger charge is -2.31. The van der Waals surface area contributed by atoms with Crippen LogP contribution in [0.25, 0.3) is 5.82 Å². The molecule has 1 amide bonds. The van der Waals surface area contributed by atoms with Gasteiger partial charge in [0.25, 0.3) is 0 Å². The third-order valence-corrected chi connectivity index (χ3v) is 5.25. The van der Waals surface area contributed by atoms with Crippen molar-refractivity contribution in [3.05, 3.63) is 59.1 Å². The van der Waals surface area contributed by atoms with E-state index in [0.29, 0.717) is 36.2 Å². The number of benzene rings is 1. The van der Waals surface area contributed by atoms with Gasteiger partial charge in [-0.3, -0.25) is 4.79 Å². The molecule has 1 fully saturated rings. The lowest BCUT2D eigenvalue weighted by molar-refractivity contribution is -0.120. The van der Waals surface area contributed by atoms with Gasteiger partial charge in [-0.2, -0.15) is 5.10 Å². The van der Waals surface area contributed by atoms with Crippen molar-refractivity contribution in [3.8, 4) is 5.82 Å². The minimum Gasteiger partial charge on any atom is -0.355 e. The molecule has 0 unspecified atom stereocenters. The van der Waals surface area contributed by atoms with Crippen molar-refractivity contribution in [2.24, 2.45) is 5.92 Å². The second-order valence-corrected chi connectivity index (χ2v) is 7.49. The summed E-state index contributed by atoms with van der Waals surface area (Å²) in [7, 11) is 0. The summed E-state index contributed by atoms with van der Waals surface area (Å²) in [6, 6.07) is 10.2. The van der Waals surface area contributed by atoms with Gasteiger partial charge in [0.2, 0.25) is 5.91 Å². The fourth-order valence-corrected chi connectivity index (χ4v) is 3.54. The predicted molar refractivity (Wildman–Crippen MR) is 107 cm³/mol. The van der Waals surface area contributed by atoms with Gasteiger partial charge in [-0.1, -0.05) is 15.9 Å². The minimum absolute atomic E-state index is 0.152. The van der Waals surface area contributed by atoms with Gasteiger partial charge in [-0.15, -0.1) is 10.2 Å². The van der Waals surface area contributed by atoms with Crippen LogP contribution in [-0.4, -0.2) is 39.0 Å². The van der Waals surface area contributed by atoms with E-state index in [4.69, 9.17) is 0 Å². The molecule has 1 aliphatic rings. The van der Waals surface area contributed by atoms with E-state index < -0.39 is 5.82 Å². The molecule has 0 spiro atoms. The Morgan fingerprint density at radius 2 is 1.89 bits per heavy atom. The molecule has 1 saturated heterocycles. The lowest BCUT2D eigenvalue weighted by atomic mass is 9.96. The number of carbonyl (C=O) groups excluding carboxylic acids is 1. The zero-order valence-corrected chi connectivity index (χ0v) is 16.5. The first kappa shape index (κ1) is 18.5. The first-order valence-corrected chi connectivity index (χ1v) is 9.74. The summed E-state index contributed by atoms with van der Waals surface area (Å²) in [5, 5.41) is 15.3. The number of hydrogen-bond acceptors (Lipinski definition) is 5. The van der Waals surface area contributed by atoms with Crippen molar-refractivity contribution in [2.45, 2.75) is 12.8 Å². The second-order valence-electron chi connectivity index (χ2n) is 6.58. The van der Waals surface area contributed by atoms with E-state index >= 15 is 0 Å². The summed E-state index contributed by atoms with van der Waals surface area (Å²) in [6.45, 7) is 1.38. The molecule has 0 radical (unpaired) electrons. The number of anilines is 2. The third-order valence-electron chi connectivity index (χ3n) is 4.75. The molecule has 3 heterocycles. The van der Waals surface area contributed by atoms with E-state index in [2.05, 4.69) is 41.4 Å². The van der Waals surface area contributed by atoms with Gasteiger partial charge in [0.1, 0.15) is 5.82 Å². The summed E-state index contributed by atoms with van der Waals surface area (Å²) in [6.07, 6.45) is 4.84. The van der Waals surface area contributed by atoms with E-state index in [1.165, 1.54) is 6.07 Å². The number of carbonyl (C=O) groups is 1. The van der Waals surface area contributed by atoms with Gasteiger partial charge < -0.3 is 10.2 Å².